The highest BCUT2D eigenvalue weighted by Crippen LogP contribution is 2.36. The first-order valence-corrected chi connectivity index (χ1v) is 11.9. The number of ether oxygens (including phenoxy) is 2. The van der Waals surface area contributed by atoms with E-state index in [2.05, 4.69) is 21.2 Å². The van der Waals surface area contributed by atoms with Crippen LogP contribution < -0.4 is 19.7 Å². The van der Waals surface area contributed by atoms with Crippen molar-refractivity contribution < 1.29 is 33.4 Å². The summed E-state index contributed by atoms with van der Waals surface area (Å²) in [6.45, 7) is 0.0870. The third-order valence-electron chi connectivity index (χ3n) is 5.32. The van der Waals surface area contributed by atoms with Crippen LogP contribution in [-0.2, 0) is 16.2 Å². The maximum absolute atomic E-state index is 13.5. The molecule has 8 nitrogen and oxygen atoms in total. The van der Waals surface area contributed by atoms with Crippen molar-refractivity contribution >= 4 is 62.8 Å². The highest BCUT2D eigenvalue weighted by molar-refractivity contribution is 9.10. The fourth-order valence-electron chi connectivity index (χ4n) is 3.55. The summed E-state index contributed by atoms with van der Waals surface area (Å²) in [6.07, 6.45) is 1.36. The fourth-order valence-corrected chi connectivity index (χ4v) is 4.26. The quantitative estimate of drug-likeness (QED) is 0.235. The number of hydrogen-bond donors (Lipinski definition) is 2. The van der Waals surface area contributed by atoms with Crippen LogP contribution in [-0.4, -0.2) is 35.1 Å². The van der Waals surface area contributed by atoms with Crippen LogP contribution in [0.4, 0.5) is 10.1 Å². The molecule has 37 heavy (non-hydrogen) atoms. The van der Waals surface area contributed by atoms with Crippen molar-refractivity contribution in [2.24, 2.45) is 0 Å². The summed E-state index contributed by atoms with van der Waals surface area (Å²) in [7, 11) is 1.43. The van der Waals surface area contributed by atoms with Crippen LogP contribution >= 0.6 is 28.1 Å². The maximum Gasteiger partial charge on any atom is 0.335 e. The Morgan fingerprint density at radius 2 is 1.89 bits per heavy atom. The molecule has 1 fully saturated rings. The molecule has 3 aromatic carbocycles. The van der Waals surface area contributed by atoms with Gasteiger partial charge in [-0.2, -0.15) is 0 Å². The standard InChI is InChI=1S/C26H18BrFN2O6S/c1-35-21-11-16(20(27)12-22(21)36-13-14-4-2-6-17(28)8-14)10-19-23(31)29-26(37)30(24(19)32)18-7-3-5-15(9-18)25(33)34/h2-12H,13H2,1H3,(H,33,34)(H,29,31,37). The van der Waals surface area contributed by atoms with Gasteiger partial charge in [0.1, 0.15) is 18.0 Å². The summed E-state index contributed by atoms with van der Waals surface area (Å²) in [4.78, 5) is 38.4. The number of halogens is 2. The number of carboxylic acids is 1. The lowest BCUT2D eigenvalue weighted by molar-refractivity contribution is -0.122. The topological polar surface area (TPSA) is 105 Å². The summed E-state index contributed by atoms with van der Waals surface area (Å²) in [5.41, 5.74) is 0.971. The number of benzene rings is 3. The maximum atomic E-state index is 13.5. The van der Waals surface area contributed by atoms with Crippen LogP contribution in [0.5, 0.6) is 11.5 Å². The number of rotatable bonds is 7. The van der Waals surface area contributed by atoms with Crippen LogP contribution in [0, 0.1) is 5.82 Å². The summed E-state index contributed by atoms with van der Waals surface area (Å²) in [6, 6.07) is 14.8. The van der Waals surface area contributed by atoms with Gasteiger partial charge in [0, 0.05) is 4.47 Å². The molecular formula is C26H18BrFN2O6S. The first kappa shape index (κ1) is 26.0. The van der Waals surface area contributed by atoms with Gasteiger partial charge in [-0.25, -0.2) is 9.18 Å². The Morgan fingerprint density at radius 3 is 2.59 bits per heavy atom. The predicted molar refractivity (Wildman–Crippen MR) is 141 cm³/mol. The lowest BCUT2D eigenvalue weighted by atomic mass is 10.1. The SMILES string of the molecule is COc1cc(C=C2C(=O)NC(=S)N(c3cccc(C(=O)O)c3)C2=O)c(Br)cc1OCc1cccc(F)c1. The van der Waals surface area contributed by atoms with E-state index >= 15 is 0 Å². The van der Waals surface area contributed by atoms with Crippen molar-refractivity contribution in [1.82, 2.24) is 5.32 Å². The van der Waals surface area contributed by atoms with Crippen LogP contribution in [0.2, 0.25) is 0 Å². The van der Waals surface area contributed by atoms with E-state index in [1.54, 1.807) is 24.3 Å². The van der Waals surface area contributed by atoms with Gasteiger partial charge in [0.25, 0.3) is 11.8 Å². The molecule has 2 amide bonds. The molecule has 1 heterocycles. The van der Waals surface area contributed by atoms with Crippen molar-refractivity contribution in [2.45, 2.75) is 6.61 Å². The summed E-state index contributed by atoms with van der Waals surface area (Å²) in [5, 5.41) is 11.6. The number of hydrogen-bond acceptors (Lipinski definition) is 6. The number of carbonyl (C=O) groups is 3. The van der Waals surface area contributed by atoms with E-state index in [4.69, 9.17) is 21.7 Å². The molecule has 0 radical (unpaired) electrons. The summed E-state index contributed by atoms with van der Waals surface area (Å²) in [5.74, 6) is -2.32. The number of carboxylic acid groups (broad SMARTS) is 1. The van der Waals surface area contributed by atoms with Gasteiger partial charge < -0.3 is 14.6 Å². The van der Waals surface area contributed by atoms with Gasteiger partial charge in [0.2, 0.25) is 0 Å². The number of anilines is 1. The Hall–Kier alpha value is -4.09. The van der Waals surface area contributed by atoms with Gasteiger partial charge >= 0.3 is 5.97 Å². The summed E-state index contributed by atoms with van der Waals surface area (Å²) >= 11 is 8.60. The van der Waals surface area contributed by atoms with E-state index in [0.717, 1.165) is 4.90 Å². The van der Waals surface area contributed by atoms with Crippen LogP contribution in [0.1, 0.15) is 21.5 Å². The van der Waals surface area contributed by atoms with Gasteiger partial charge in [-0.3, -0.25) is 19.8 Å². The fraction of sp³-hybridized carbons (Fsp3) is 0.0769. The van der Waals surface area contributed by atoms with Crippen LogP contribution in [0.25, 0.3) is 6.08 Å². The molecule has 1 aliphatic heterocycles. The molecule has 0 aromatic heterocycles. The van der Waals surface area contributed by atoms with Crippen molar-refractivity contribution in [3.8, 4) is 11.5 Å². The van der Waals surface area contributed by atoms with E-state index in [9.17, 15) is 23.9 Å². The van der Waals surface area contributed by atoms with Crippen molar-refractivity contribution in [3.63, 3.8) is 0 Å². The van der Waals surface area contributed by atoms with Crippen molar-refractivity contribution in [3.05, 3.63) is 93.2 Å². The molecule has 11 heteroatoms. The van der Waals surface area contributed by atoms with Gasteiger partial charge in [-0.05, 0) is 71.9 Å². The number of nitrogens with one attached hydrogen (secondary N) is 1. The average molecular weight is 585 g/mol. The van der Waals surface area contributed by atoms with E-state index < -0.39 is 17.8 Å². The second-order valence-corrected chi connectivity index (χ2v) is 9.00. The average Bonchev–Trinajstić information content (AvgIpc) is 2.86. The number of methoxy groups -OCH3 is 1. The zero-order valence-electron chi connectivity index (χ0n) is 19.2. The Balaban J connectivity index is 1.65. The zero-order chi connectivity index (χ0) is 26.7. The molecule has 2 N–H and O–H groups in total. The number of amides is 2. The monoisotopic (exact) mass is 584 g/mol. The Bertz CT molecular complexity index is 1480. The van der Waals surface area contributed by atoms with Gasteiger partial charge in [-0.15, -0.1) is 0 Å². The molecule has 3 aromatic rings. The molecule has 0 spiro atoms. The minimum Gasteiger partial charge on any atom is -0.493 e. The molecular weight excluding hydrogens is 567 g/mol. The van der Waals surface area contributed by atoms with E-state index in [0.29, 0.717) is 27.1 Å². The number of thiocarbonyl (C=S) groups is 1. The van der Waals surface area contributed by atoms with Crippen molar-refractivity contribution in [2.75, 3.05) is 12.0 Å². The molecule has 188 valence electrons. The summed E-state index contributed by atoms with van der Waals surface area (Å²) < 4.78 is 25.2. The molecule has 0 bridgehead atoms. The molecule has 0 atom stereocenters. The molecule has 0 saturated carbocycles. The van der Waals surface area contributed by atoms with Gasteiger partial charge in [0.05, 0.1) is 18.4 Å². The number of aromatic carboxylic acids is 1. The Labute approximate surface area is 224 Å². The Morgan fingerprint density at radius 1 is 1.14 bits per heavy atom. The predicted octanol–water partition coefficient (Wildman–Crippen LogP) is 4.71. The molecule has 0 aliphatic carbocycles. The Kier molecular flexibility index (Phi) is 7.65. The third-order valence-corrected chi connectivity index (χ3v) is 6.29. The van der Waals surface area contributed by atoms with Crippen LogP contribution in [0.3, 0.4) is 0 Å². The van der Waals surface area contributed by atoms with Gasteiger partial charge in [-0.1, -0.05) is 34.1 Å². The lowest BCUT2D eigenvalue weighted by Crippen LogP contribution is -2.54. The molecule has 0 unspecified atom stereocenters. The number of nitrogens with zero attached hydrogens (tertiary/aromatic N) is 1. The normalized spacial score (nSPS) is 14.5. The molecule has 1 aliphatic rings. The number of carbonyl (C=O) groups excluding carboxylic acids is 2. The smallest absolute Gasteiger partial charge is 0.335 e. The first-order valence-electron chi connectivity index (χ1n) is 10.7. The second kappa shape index (κ2) is 10.9. The third kappa shape index (κ3) is 5.68. The largest absolute Gasteiger partial charge is 0.493 e. The van der Waals surface area contributed by atoms with E-state index in [-0.39, 0.29) is 34.4 Å². The molecule has 1 saturated heterocycles. The van der Waals surface area contributed by atoms with E-state index in [1.807, 2.05) is 0 Å². The first-order chi connectivity index (χ1) is 17.7. The van der Waals surface area contributed by atoms with Gasteiger partial charge in [0.15, 0.2) is 16.6 Å². The minimum atomic E-state index is -1.17. The van der Waals surface area contributed by atoms with E-state index in [1.165, 1.54) is 49.6 Å². The lowest BCUT2D eigenvalue weighted by Gasteiger charge is -2.29. The minimum absolute atomic E-state index is 0.0446. The van der Waals surface area contributed by atoms with Crippen molar-refractivity contribution in [1.29, 1.82) is 0 Å². The highest BCUT2D eigenvalue weighted by atomic mass is 79.9. The highest BCUT2D eigenvalue weighted by Gasteiger charge is 2.35. The molecule has 4 rings (SSSR count). The second-order valence-electron chi connectivity index (χ2n) is 7.76. The zero-order valence-corrected chi connectivity index (χ0v) is 21.6. The van der Waals surface area contributed by atoms with Crippen LogP contribution in [0.15, 0.2) is 70.7 Å².